The van der Waals surface area contributed by atoms with Crippen LogP contribution in [0.5, 0.6) is 0 Å². The molecule has 4 nitrogen and oxygen atoms in total. The summed E-state index contributed by atoms with van der Waals surface area (Å²) in [5.74, 6) is -0.670. The maximum Gasteiger partial charge on any atom is 0.282 e. The summed E-state index contributed by atoms with van der Waals surface area (Å²) in [4.78, 5) is 30.5. The van der Waals surface area contributed by atoms with Crippen molar-refractivity contribution in [3.8, 4) is 0 Å². The molecule has 0 spiro atoms. The SMILES string of the molecule is CCN(C1=C(c2ccc(C)cc2C)C(=O)N(c2ccc(Cl)cc2)C1=O)c1ccccc1. The van der Waals surface area contributed by atoms with Crippen LogP contribution in [-0.2, 0) is 9.59 Å². The molecule has 0 unspecified atom stereocenters. The van der Waals surface area contributed by atoms with Crippen LogP contribution in [0.1, 0.15) is 23.6 Å². The van der Waals surface area contributed by atoms with Gasteiger partial charge in [-0.3, -0.25) is 9.59 Å². The minimum atomic E-state index is -0.340. The zero-order valence-electron chi connectivity index (χ0n) is 17.7. The Hall–Kier alpha value is -3.37. The zero-order valence-corrected chi connectivity index (χ0v) is 18.5. The standard InChI is InChI=1S/C26H23ClN2O2/c1-4-28(20-8-6-5-7-9-20)24-23(22-15-10-17(2)16-18(22)3)25(30)29(26(24)31)21-13-11-19(27)12-14-21/h5-16H,4H2,1-3H3. The van der Waals surface area contributed by atoms with Crippen LogP contribution in [0.25, 0.3) is 5.57 Å². The van der Waals surface area contributed by atoms with Crippen LogP contribution in [0.3, 0.4) is 0 Å². The maximum atomic E-state index is 13.7. The fourth-order valence-electron chi connectivity index (χ4n) is 4.01. The van der Waals surface area contributed by atoms with Gasteiger partial charge < -0.3 is 4.90 Å². The lowest BCUT2D eigenvalue weighted by Crippen LogP contribution is -2.35. The van der Waals surface area contributed by atoms with Crippen LogP contribution in [0, 0.1) is 13.8 Å². The van der Waals surface area contributed by atoms with Crippen molar-refractivity contribution in [2.75, 3.05) is 16.3 Å². The summed E-state index contributed by atoms with van der Waals surface area (Å²) in [5.41, 5.74) is 5.00. The minimum absolute atomic E-state index is 0.330. The van der Waals surface area contributed by atoms with Crippen molar-refractivity contribution in [3.63, 3.8) is 0 Å². The third-order valence-corrected chi connectivity index (χ3v) is 5.70. The highest BCUT2D eigenvalue weighted by atomic mass is 35.5. The summed E-state index contributed by atoms with van der Waals surface area (Å²) in [6, 6.07) is 22.3. The molecule has 0 radical (unpaired) electrons. The average Bonchev–Trinajstić information content (AvgIpc) is 3.01. The van der Waals surface area contributed by atoms with E-state index in [-0.39, 0.29) is 11.8 Å². The van der Waals surface area contributed by atoms with Crippen molar-refractivity contribution in [2.45, 2.75) is 20.8 Å². The van der Waals surface area contributed by atoms with E-state index in [0.29, 0.717) is 28.5 Å². The summed E-state index contributed by atoms with van der Waals surface area (Å²) in [5, 5.41) is 0.546. The monoisotopic (exact) mass is 430 g/mol. The van der Waals surface area contributed by atoms with Gasteiger partial charge in [-0.2, -0.15) is 0 Å². The minimum Gasteiger partial charge on any atom is -0.337 e. The van der Waals surface area contributed by atoms with E-state index in [0.717, 1.165) is 22.4 Å². The number of carbonyl (C=O) groups is 2. The largest absolute Gasteiger partial charge is 0.337 e. The third-order valence-electron chi connectivity index (χ3n) is 5.45. The summed E-state index contributed by atoms with van der Waals surface area (Å²) in [6.45, 7) is 6.49. The van der Waals surface area contributed by atoms with E-state index in [4.69, 9.17) is 11.6 Å². The van der Waals surface area contributed by atoms with Crippen LogP contribution in [0.4, 0.5) is 11.4 Å². The van der Waals surface area contributed by atoms with Gasteiger partial charge in [0.05, 0.1) is 11.3 Å². The van der Waals surface area contributed by atoms with E-state index in [1.165, 1.54) is 4.90 Å². The second-order valence-electron chi connectivity index (χ2n) is 7.54. The lowest BCUT2D eigenvalue weighted by molar-refractivity contribution is -0.120. The zero-order chi connectivity index (χ0) is 22.1. The predicted molar refractivity (Wildman–Crippen MR) is 126 cm³/mol. The smallest absolute Gasteiger partial charge is 0.282 e. The molecule has 0 bridgehead atoms. The first-order chi connectivity index (χ1) is 14.9. The van der Waals surface area contributed by atoms with Gasteiger partial charge in [-0.25, -0.2) is 4.90 Å². The first-order valence-corrected chi connectivity index (χ1v) is 10.6. The number of imide groups is 1. The number of halogens is 1. The Balaban J connectivity index is 1.93. The van der Waals surface area contributed by atoms with Gasteiger partial charge in [0.15, 0.2) is 0 Å². The van der Waals surface area contributed by atoms with Gasteiger partial charge >= 0.3 is 0 Å². The number of nitrogens with zero attached hydrogens (tertiary/aromatic N) is 2. The van der Waals surface area contributed by atoms with Gasteiger partial charge in [-0.1, -0.05) is 53.6 Å². The quantitative estimate of drug-likeness (QED) is 0.482. The fourth-order valence-corrected chi connectivity index (χ4v) is 4.13. The van der Waals surface area contributed by atoms with Crippen molar-refractivity contribution in [2.24, 2.45) is 0 Å². The molecule has 0 atom stereocenters. The number of benzene rings is 3. The number of rotatable bonds is 5. The molecular weight excluding hydrogens is 408 g/mol. The van der Waals surface area contributed by atoms with Crippen molar-refractivity contribution >= 4 is 40.4 Å². The first kappa shape index (κ1) is 20.9. The normalized spacial score (nSPS) is 13.9. The van der Waals surface area contributed by atoms with Gasteiger partial charge in [0.2, 0.25) is 0 Å². The van der Waals surface area contributed by atoms with E-state index in [2.05, 4.69) is 0 Å². The lowest BCUT2D eigenvalue weighted by atomic mass is 9.97. The molecule has 3 aromatic rings. The molecule has 1 aliphatic heterocycles. The molecule has 0 saturated heterocycles. The molecule has 1 aliphatic rings. The molecule has 5 heteroatoms. The molecule has 4 rings (SSSR count). The number of amides is 2. The number of hydrogen-bond donors (Lipinski definition) is 0. The Morgan fingerprint density at radius 2 is 1.55 bits per heavy atom. The van der Waals surface area contributed by atoms with Crippen LogP contribution < -0.4 is 9.80 Å². The van der Waals surface area contributed by atoms with Crippen LogP contribution in [0.2, 0.25) is 5.02 Å². The Labute approximate surface area is 187 Å². The number of anilines is 2. The molecule has 0 aromatic heterocycles. The van der Waals surface area contributed by atoms with E-state index in [1.54, 1.807) is 24.3 Å². The molecule has 3 aromatic carbocycles. The summed E-state index contributed by atoms with van der Waals surface area (Å²) in [6.07, 6.45) is 0. The Morgan fingerprint density at radius 3 is 2.16 bits per heavy atom. The summed E-state index contributed by atoms with van der Waals surface area (Å²) < 4.78 is 0. The molecule has 2 amide bonds. The van der Waals surface area contributed by atoms with Gasteiger partial charge in [0.1, 0.15) is 5.70 Å². The van der Waals surface area contributed by atoms with E-state index in [9.17, 15) is 9.59 Å². The van der Waals surface area contributed by atoms with Crippen molar-refractivity contribution in [3.05, 3.63) is 100 Å². The molecule has 0 N–H and O–H groups in total. The summed E-state index contributed by atoms with van der Waals surface area (Å²) >= 11 is 6.03. The maximum absolute atomic E-state index is 13.7. The molecule has 156 valence electrons. The Morgan fingerprint density at radius 1 is 0.871 bits per heavy atom. The highest BCUT2D eigenvalue weighted by Gasteiger charge is 2.43. The van der Waals surface area contributed by atoms with Gasteiger partial charge in [0.25, 0.3) is 11.8 Å². The third kappa shape index (κ3) is 3.75. The second-order valence-corrected chi connectivity index (χ2v) is 7.98. The summed E-state index contributed by atoms with van der Waals surface area (Å²) in [7, 11) is 0. The Bertz CT molecular complexity index is 1180. The molecular formula is C26H23ClN2O2. The average molecular weight is 431 g/mol. The highest BCUT2D eigenvalue weighted by Crippen LogP contribution is 2.38. The molecule has 0 saturated carbocycles. The predicted octanol–water partition coefficient (Wildman–Crippen LogP) is 5.77. The molecule has 1 heterocycles. The highest BCUT2D eigenvalue weighted by molar-refractivity contribution is 6.46. The number of aryl methyl sites for hydroxylation is 2. The number of carbonyl (C=O) groups excluding carboxylic acids is 2. The van der Waals surface area contributed by atoms with Crippen molar-refractivity contribution in [1.29, 1.82) is 0 Å². The first-order valence-electron chi connectivity index (χ1n) is 10.2. The van der Waals surface area contributed by atoms with Crippen LogP contribution in [-0.4, -0.2) is 18.4 Å². The van der Waals surface area contributed by atoms with Crippen LogP contribution >= 0.6 is 11.6 Å². The van der Waals surface area contributed by atoms with E-state index in [1.807, 2.05) is 74.2 Å². The van der Waals surface area contributed by atoms with E-state index >= 15 is 0 Å². The van der Waals surface area contributed by atoms with Gasteiger partial charge in [0, 0.05) is 17.3 Å². The van der Waals surface area contributed by atoms with Crippen molar-refractivity contribution < 1.29 is 9.59 Å². The number of likely N-dealkylation sites (N-methyl/N-ethyl adjacent to an activating group) is 1. The number of hydrogen-bond acceptors (Lipinski definition) is 3. The lowest BCUT2D eigenvalue weighted by Gasteiger charge is -2.25. The molecule has 0 aliphatic carbocycles. The molecule has 31 heavy (non-hydrogen) atoms. The fraction of sp³-hybridized carbons (Fsp3) is 0.154. The van der Waals surface area contributed by atoms with Crippen molar-refractivity contribution in [1.82, 2.24) is 0 Å². The van der Waals surface area contributed by atoms with Gasteiger partial charge in [-0.15, -0.1) is 0 Å². The second kappa shape index (κ2) is 8.40. The number of para-hydroxylation sites is 1. The molecule has 0 fully saturated rings. The topological polar surface area (TPSA) is 40.6 Å². The Kier molecular flexibility index (Phi) is 5.66. The van der Waals surface area contributed by atoms with Gasteiger partial charge in [-0.05, 0) is 68.3 Å². The van der Waals surface area contributed by atoms with Crippen LogP contribution in [0.15, 0.2) is 78.5 Å². The van der Waals surface area contributed by atoms with E-state index < -0.39 is 0 Å².